The summed E-state index contributed by atoms with van der Waals surface area (Å²) in [5, 5.41) is 0. The number of likely N-dealkylation sites (tertiary alicyclic amines) is 1. The van der Waals surface area contributed by atoms with Crippen molar-refractivity contribution in [2.75, 3.05) is 13.1 Å². The molecule has 1 saturated heterocycles. The Bertz CT molecular complexity index is 398. The standard InChI is InChI=1S/C17H26N2/c18-17(10-2-3-11-17)16-8-6-15(7-9-16)14-19-12-4-1-5-13-19/h6-9H,1-5,10-14,18H2. The zero-order valence-corrected chi connectivity index (χ0v) is 11.9. The third-order valence-electron chi connectivity index (χ3n) is 4.88. The zero-order chi connectivity index (χ0) is 13.1. The van der Waals surface area contributed by atoms with Crippen molar-refractivity contribution in [3.05, 3.63) is 35.4 Å². The van der Waals surface area contributed by atoms with Gasteiger partial charge in [-0.3, -0.25) is 4.90 Å². The van der Waals surface area contributed by atoms with Crippen molar-refractivity contribution in [2.24, 2.45) is 5.73 Å². The van der Waals surface area contributed by atoms with E-state index >= 15 is 0 Å². The average Bonchev–Trinajstić information content (AvgIpc) is 2.89. The normalized spacial score (nSPS) is 23.6. The molecular weight excluding hydrogens is 232 g/mol. The molecule has 0 amide bonds. The van der Waals surface area contributed by atoms with Crippen molar-refractivity contribution in [3.8, 4) is 0 Å². The molecule has 1 heterocycles. The van der Waals surface area contributed by atoms with Crippen molar-refractivity contribution in [1.82, 2.24) is 4.90 Å². The maximum atomic E-state index is 6.50. The Hall–Kier alpha value is -0.860. The van der Waals surface area contributed by atoms with E-state index in [1.54, 1.807) is 0 Å². The van der Waals surface area contributed by atoms with Gasteiger partial charge in [-0.05, 0) is 49.9 Å². The highest BCUT2D eigenvalue weighted by Gasteiger charge is 2.30. The summed E-state index contributed by atoms with van der Waals surface area (Å²) >= 11 is 0. The molecule has 1 aliphatic carbocycles. The molecule has 104 valence electrons. The van der Waals surface area contributed by atoms with Crippen LogP contribution in [0.15, 0.2) is 24.3 Å². The third-order valence-corrected chi connectivity index (χ3v) is 4.88. The molecule has 1 aliphatic heterocycles. The maximum Gasteiger partial charge on any atom is 0.0409 e. The Balaban J connectivity index is 1.65. The summed E-state index contributed by atoms with van der Waals surface area (Å²) in [5.41, 5.74) is 9.24. The molecule has 1 aromatic carbocycles. The monoisotopic (exact) mass is 258 g/mol. The topological polar surface area (TPSA) is 29.3 Å². The van der Waals surface area contributed by atoms with E-state index in [2.05, 4.69) is 29.2 Å². The van der Waals surface area contributed by atoms with Crippen LogP contribution in [0, 0.1) is 0 Å². The van der Waals surface area contributed by atoms with Crippen molar-refractivity contribution >= 4 is 0 Å². The number of hydrogen-bond acceptors (Lipinski definition) is 2. The van der Waals surface area contributed by atoms with Gasteiger partial charge >= 0.3 is 0 Å². The van der Waals surface area contributed by atoms with Gasteiger partial charge in [0.05, 0.1) is 0 Å². The lowest BCUT2D eigenvalue weighted by atomic mass is 9.89. The van der Waals surface area contributed by atoms with Crippen LogP contribution in [0.5, 0.6) is 0 Å². The molecule has 0 spiro atoms. The first kappa shape index (κ1) is 13.1. The summed E-state index contributed by atoms with van der Waals surface area (Å²) in [5.74, 6) is 0. The summed E-state index contributed by atoms with van der Waals surface area (Å²) in [6.45, 7) is 3.64. The predicted octanol–water partition coefficient (Wildman–Crippen LogP) is 3.40. The molecular formula is C17H26N2. The van der Waals surface area contributed by atoms with Gasteiger partial charge in [0.2, 0.25) is 0 Å². The largest absolute Gasteiger partial charge is 0.321 e. The lowest BCUT2D eigenvalue weighted by Crippen LogP contribution is -2.33. The van der Waals surface area contributed by atoms with Gasteiger partial charge in [0, 0.05) is 12.1 Å². The van der Waals surface area contributed by atoms with Crippen LogP contribution in [0.25, 0.3) is 0 Å². The Kier molecular flexibility index (Phi) is 3.90. The Morgan fingerprint density at radius 3 is 2.16 bits per heavy atom. The van der Waals surface area contributed by atoms with E-state index in [4.69, 9.17) is 5.73 Å². The van der Waals surface area contributed by atoms with Crippen molar-refractivity contribution in [3.63, 3.8) is 0 Å². The summed E-state index contributed by atoms with van der Waals surface area (Å²) in [6, 6.07) is 9.11. The Morgan fingerprint density at radius 1 is 0.895 bits per heavy atom. The number of nitrogens with two attached hydrogens (primary N) is 1. The number of benzene rings is 1. The zero-order valence-electron chi connectivity index (χ0n) is 11.9. The van der Waals surface area contributed by atoms with E-state index in [9.17, 15) is 0 Å². The van der Waals surface area contributed by atoms with Crippen LogP contribution in [0.2, 0.25) is 0 Å². The highest BCUT2D eigenvalue weighted by Crippen LogP contribution is 2.36. The minimum atomic E-state index is -0.0380. The molecule has 19 heavy (non-hydrogen) atoms. The lowest BCUT2D eigenvalue weighted by Gasteiger charge is -2.27. The van der Waals surface area contributed by atoms with Crippen molar-refractivity contribution < 1.29 is 0 Å². The number of rotatable bonds is 3. The summed E-state index contributed by atoms with van der Waals surface area (Å²) in [4.78, 5) is 2.58. The molecule has 0 atom stereocenters. The van der Waals surface area contributed by atoms with Crippen LogP contribution in [0.1, 0.15) is 56.1 Å². The highest BCUT2D eigenvalue weighted by molar-refractivity contribution is 5.29. The minimum Gasteiger partial charge on any atom is -0.321 e. The van der Waals surface area contributed by atoms with E-state index in [1.807, 2.05) is 0 Å². The van der Waals surface area contributed by atoms with Gasteiger partial charge in [0.25, 0.3) is 0 Å². The van der Waals surface area contributed by atoms with Crippen LogP contribution in [-0.4, -0.2) is 18.0 Å². The van der Waals surface area contributed by atoms with Crippen molar-refractivity contribution in [1.29, 1.82) is 0 Å². The molecule has 2 aliphatic rings. The molecule has 0 unspecified atom stereocenters. The summed E-state index contributed by atoms with van der Waals surface area (Å²) in [6.07, 6.45) is 9.01. The Labute approximate surface area is 117 Å². The van der Waals surface area contributed by atoms with E-state index in [0.717, 1.165) is 19.4 Å². The van der Waals surface area contributed by atoms with E-state index < -0.39 is 0 Å². The third kappa shape index (κ3) is 3.01. The second kappa shape index (κ2) is 5.64. The molecule has 2 N–H and O–H groups in total. The van der Waals surface area contributed by atoms with Gasteiger partial charge in [-0.15, -0.1) is 0 Å². The second-order valence-corrected chi connectivity index (χ2v) is 6.40. The molecule has 0 bridgehead atoms. The van der Waals surface area contributed by atoms with Crippen LogP contribution in [0.4, 0.5) is 0 Å². The van der Waals surface area contributed by atoms with Gasteiger partial charge in [-0.25, -0.2) is 0 Å². The molecule has 2 nitrogen and oxygen atoms in total. The molecule has 2 fully saturated rings. The fraction of sp³-hybridized carbons (Fsp3) is 0.647. The molecule has 1 aromatic rings. The van der Waals surface area contributed by atoms with Gasteiger partial charge in [-0.1, -0.05) is 43.5 Å². The number of nitrogens with zero attached hydrogens (tertiary/aromatic N) is 1. The maximum absolute atomic E-state index is 6.50. The van der Waals surface area contributed by atoms with Gasteiger partial charge < -0.3 is 5.73 Å². The van der Waals surface area contributed by atoms with E-state index in [-0.39, 0.29) is 5.54 Å². The molecule has 2 heteroatoms. The number of piperidine rings is 1. The minimum absolute atomic E-state index is 0.0380. The van der Waals surface area contributed by atoms with Crippen LogP contribution in [0.3, 0.4) is 0 Å². The van der Waals surface area contributed by atoms with Crippen LogP contribution in [-0.2, 0) is 12.1 Å². The molecule has 1 saturated carbocycles. The van der Waals surface area contributed by atoms with Crippen LogP contribution >= 0.6 is 0 Å². The summed E-state index contributed by atoms with van der Waals surface area (Å²) in [7, 11) is 0. The average molecular weight is 258 g/mol. The van der Waals surface area contributed by atoms with E-state index in [1.165, 1.54) is 56.3 Å². The second-order valence-electron chi connectivity index (χ2n) is 6.40. The first-order valence-electron chi connectivity index (χ1n) is 7.87. The Morgan fingerprint density at radius 2 is 1.53 bits per heavy atom. The summed E-state index contributed by atoms with van der Waals surface area (Å²) < 4.78 is 0. The fourth-order valence-electron chi connectivity index (χ4n) is 3.61. The van der Waals surface area contributed by atoms with Crippen molar-refractivity contribution in [2.45, 2.75) is 57.0 Å². The fourth-order valence-corrected chi connectivity index (χ4v) is 3.61. The SMILES string of the molecule is NC1(c2ccc(CN3CCCCC3)cc2)CCCC1. The highest BCUT2D eigenvalue weighted by atomic mass is 15.1. The van der Waals surface area contributed by atoms with Crippen LogP contribution < -0.4 is 5.73 Å². The van der Waals surface area contributed by atoms with Gasteiger partial charge in [0.1, 0.15) is 0 Å². The quantitative estimate of drug-likeness (QED) is 0.900. The molecule has 3 rings (SSSR count). The van der Waals surface area contributed by atoms with E-state index in [0.29, 0.717) is 0 Å². The molecule has 0 radical (unpaired) electrons. The smallest absolute Gasteiger partial charge is 0.0409 e. The van der Waals surface area contributed by atoms with Gasteiger partial charge in [0.15, 0.2) is 0 Å². The lowest BCUT2D eigenvalue weighted by molar-refractivity contribution is 0.221. The molecule has 0 aromatic heterocycles. The van der Waals surface area contributed by atoms with Gasteiger partial charge in [-0.2, -0.15) is 0 Å². The predicted molar refractivity (Wildman–Crippen MR) is 79.9 cm³/mol. The first-order chi connectivity index (χ1) is 9.26. The number of hydrogen-bond donors (Lipinski definition) is 1. The first-order valence-corrected chi connectivity index (χ1v) is 7.87.